The van der Waals surface area contributed by atoms with Crippen molar-refractivity contribution in [1.82, 2.24) is 4.90 Å². The van der Waals surface area contributed by atoms with E-state index in [9.17, 15) is 24.3 Å². The van der Waals surface area contributed by atoms with Crippen molar-refractivity contribution in [3.63, 3.8) is 0 Å². The van der Waals surface area contributed by atoms with Crippen LogP contribution in [-0.4, -0.2) is 40.6 Å². The number of rotatable bonds is 8. The van der Waals surface area contributed by atoms with Gasteiger partial charge in [0.15, 0.2) is 0 Å². The van der Waals surface area contributed by atoms with E-state index in [-0.39, 0.29) is 19.4 Å². The van der Waals surface area contributed by atoms with E-state index in [4.69, 9.17) is 11.6 Å². The lowest BCUT2D eigenvalue weighted by Gasteiger charge is -2.30. The average Bonchev–Trinajstić information content (AvgIpc) is 3.07. The van der Waals surface area contributed by atoms with Crippen molar-refractivity contribution in [3.05, 3.63) is 94.5 Å². The highest BCUT2D eigenvalue weighted by atomic mass is 35.5. The molecule has 0 bridgehead atoms. The maximum Gasteiger partial charge on any atom is 0.314 e. The van der Waals surface area contributed by atoms with Crippen molar-refractivity contribution >= 4 is 35.7 Å². The van der Waals surface area contributed by atoms with Crippen molar-refractivity contribution in [2.75, 3.05) is 6.54 Å². The number of carboxylic acid groups (broad SMARTS) is 1. The molecule has 0 unspecified atom stereocenters. The minimum Gasteiger partial charge on any atom is -0.481 e. The van der Waals surface area contributed by atoms with Crippen LogP contribution in [0.5, 0.6) is 0 Å². The second kappa shape index (κ2) is 9.00. The summed E-state index contributed by atoms with van der Waals surface area (Å²) in [5.74, 6) is -2.11. The molecule has 0 spiro atoms. The fourth-order valence-electron chi connectivity index (χ4n) is 4.19. The number of fused-ring (bicyclic) bond motifs is 1. The maximum absolute atomic E-state index is 12.7. The number of benzene rings is 3. The summed E-state index contributed by atoms with van der Waals surface area (Å²) in [6, 6.07) is 20.6. The molecular formula is C26H20ClNO5. The fraction of sp³-hybridized carbons (Fsp3) is 0.154. The summed E-state index contributed by atoms with van der Waals surface area (Å²) in [5, 5.41) is 10.8. The summed E-state index contributed by atoms with van der Waals surface area (Å²) in [7, 11) is 0. The van der Waals surface area contributed by atoms with Crippen LogP contribution in [0.15, 0.2) is 72.8 Å². The Morgan fingerprint density at radius 2 is 1.39 bits per heavy atom. The Bertz CT molecular complexity index is 1200. The van der Waals surface area contributed by atoms with Crippen LogP contribution in [0.3, 0.4) is 0 Å². The first-order valence-corrected chi connectivity index (χ1v) is 10.7. The van der Waals surface area contributed by atoms with Crippen LogP contribution in [0, 0.1) is 0 Å². The summed E-state index contributed by atoms with van der Waals surface area (Å²) in [6.07, 6.45) is 0.183. The van der Waals surface area contributed by atoms with Crippen LogP contribution in [0.25, 0.3) is 11.1 Å². The molecule has 0 aromatic heterocycles. The van der Waals surface area contributed by atoms with Crippen molar-refractivity contribution in [1.29, 1.82) is 0 Å². The van der Waals surface area contributed by atoms with E-state index >= 15 is 0 Å². The van der Waals surface area contributed by atoms with Crippen molar-refractivity contribution < 1.29 is 24.3 Å². The summed E-state index contributed by atoms with van der Waals surface area (Å²) in [4.78, 5) is 50.4. The van der Waals surface area contributed by atoms with Gasteiger partial charge in [0.1, 0.15) is 11.7 Å². The van der Waals surface area contributed by atoms with Gasteiger partial charge in [-0.2, -0.15) is 0 Å². The van der Waals surface area contributed by atoms with E-state index in [1.54, 1.807) is 60.7 Å². The van der Waals surface area contributed by atoms with Gasteiger partial charge in [0.25, 0.3) is 11.8 Å². The van der Waals surface area contributed by atoms with Crippen molar-refractivity contribution in [2.45, 2.75) is 18.3 Å². The monoisotopic (exact) mass is 461 g/mol. The quantitative estimate of drug-likeness (QED) is 0.391. The van der Waals surface area contributed by atoms with E-state index in [1.165, 1.54) is 0 Å². The number of hydrogen-bond donors (Lipinski definition) is 1. The Morgan fingerprint density at radius 1 is 0.879 bits per heavy atom. The van der Waals surface area contributed by atoms with Crippen LogP contribution in [0.4, 0.5) is 0 Å². The topological polar surface area (TPSA) is 91.8 Å². The van der Waals surface area contributed by atoms with Gasteiger partial charge in [0, 0.05) is 18.0 Å². The van der Waals surface area contributed by atoms with E-state index in [0.717, 1.165) is 16.0 Å². The molecule has 0 radical (unpaired) electrons. The van der Waals surface area contributed by atoms with Gasteiger partial charge in [-0.05, 0) is 47.4 Å². The minimum atomic E-state index is -1.57. The number of carbonyl (C=O) groups is 4. The molecule has 1 heterocycles. The van der Waals surface area contributed by atoms with Crippen molar-refractivity contribution in [2.24, 2.45) is 0 Å². The molecular weight excluding hydrogens is 442 g/mol. The predicted octanol–water partition coefficient (Wildman–Crippen LogP) is 4.60. The minimum absolute atomic E-state index is 0.0904. The number of halogens is 1. The normalized spacial score (nSPS) is 14.6. The van der Waals surface area contributed by atoms with Crippen LogP contribution < -0.4 is 0 Å². The molecule has 0 saturated heterocycles. The molecule has 1 aliphatic heterocycles. The SMILES string of the molecule is O=CC[C@@](CCN1C(=O)c2ccccc2C1=O)(C(=O)O)c1ccc(-c2ccc(Cl)cc2)cc1. The van der Waals surface area contributed by atoms with Gasteiger partial charge >= 0.3 is 5.97 Å². The summed E-state index contributed by atoms with van der Waals surface area (Å²) < 4.78 is 0. The van der Waals surface area contributed by atoms with E-state index < -0.39 is 23.2 Å². The third kappa shape index (κ3) is 4.05. The van der Waals surface area contributed by atoms with Crippen molar-refractivity contribution in [3.8, 4) is 11.1 Å². The van der Waals surface area contributed by atoms with Gasteiger partial charge in [0.2, 0.25) is 0 Å². The van der Waals surface area contributed by atoms with Crippen LogP contribution in [0.2, 0.25) is 5.02 Å². The van der Waals surface area contributed by atoms with Gasteiger partial charge < -0.3 is 9.90 Å². The van der Waals surface area contributed by atoms with Gasteiger partial charge in [-0.3, -0.25) is 19.3 Å². The molecule has 2 amide bonds. The molecule has 1 N–H and O–H groups in total. The molecule has 1 atom stereocenters. The third-order valence-electron chi connectivity index (χ3n) is 6.10. The molecule has 3 aromatic carbocycles. The number of carbonyl (C=O) groups excluding carboxylic acids is 3. The summed E-state index contributed by atoms with van der Waals surface area (Å²) in [5.41, 5.74) is 1.22. The Labute approximate surface area is 195 Å². The highest BCUT2D eigenvalue weighted by Gasteiger charge is 2.43. The highest BCUT2D eigenvalue weighted by Crippen LogP contribution is 2.35. The Balaban J connectivity index is 1.62. The molecule has 33 heavy (non-hydrogen) atoms. The number of imide groups is 1. The van der Waals surface area contributed by atoms with Crippen LogP contribution in [0.1, 0.15) is 39.1 Å². The second-order valence-electron chi connectivity index (χ2n) is 7.90. The van der Waals surface area contributed by atoms with Crippen LogP contribution >= 0.6 is 11.6 Å². The number of nitrogens with zero attached hydrogens (tertiary/aromatic N) is 1. The zero-order valence-electron chi connectivity index (χ0n) is 17.5. The summed E-state index contributed by atoms with van der Waals surface area (Å²) >= 11 is 5.94. The zero-order chi connectivity index (χ0) is 23.6. The predicted molar refractivity (Wildman–Crippen MR) is 123 cm³/mol. The number of aldehydes is 1. The fourth-order valence-corrected chi connectivity index (χ4v) is 4.32. The molecule has 6 nitrogen and oxygen atoms in total. The summed E-state index contributed by atoms with van der Waals surface area (Å²) in [6.45, 7) is -0.120. The number of amides is 2. The molecule has 7 heteroatoms. The molecule has 166 valence electrons. The molecule has 4 rings (SSSR count). The first-order chi connectivity index (χ1) is 15.9. The second-order valence-corrected chi connectivity index (χ2v) is 8.34. The molecule has 0 saturated carbocycles. The zero-order valence-corrected chi connectivity index (χ0v) is 18.3. The molecule has 0 fully saturated rings. The first-order valence-electron chi connectivity index (χ1n) is 10.4. The lowest BCUT2D eigenvalue weighted by molar-refractivity contribution is -0.145. The van der Waals surface area contributed by atoms with E-state index in [0.29, 0.717) is 28.0 Å². The molecule has 1 aliphatic rings. The van der Waals surface area contributed by atoms with Gasteiger partial charge in [-0.15, -0.1) is 0 Å². The van der Waals surface area contributed by atoms with Gasteiger partial charge in [0.05, 0.1) is 11.1 Å². The first kappa shape index (κ1) is 22.4. The highest BCUT2D eigenvalue weighted by molar-refractivity contribution is 6.30. The number of hydrogen-bond acceptors (Lipinski definition) is 4. The van der Waals surface area contributed by atoms with E-state index in [2.05, 4.69) is 0 Å². The standard InChI is InChI=1S/C26H20ClNO5/c27-20-11-7-18(8-12-20)17-5-9-19(10-6-17)26(14-16-29,25(32)33)13-15-28-23(30)21-3-1-2-4-22(21)24(28)31/h1-12,16H,13-15H2,(H,32,33)/t26-/m1/s1. The Kier molecular flexibility index (Phi) is 6.11. The van der Waals surface area contributed by atoms with Gasteiger partial charge in [-0.1, -0.05) is 60.1 Å². The number of carboxylic acids is 1. The Hall–Kier alpha value is -3.77. The lowest BCUT2D eigenvalue weighted by Crippen LogP contribution is -2.41. The largest absolute Gasteiger partial charge is 0.481 e. The Morgan fingerprint density at radius 3 is 1.88 bits per heavy atom. The van der Waals surface area contributed by atoms with E-state index in [1.807, 2.05) is 12.1 Å². The molecule has 3 aromatic rings. The smallest absolute Gasteiger partial charge is 0.314 e. The molecule has 0 aliphatic carbocycles. The number of aliphatic carboxylic acids is 1. The van der Waals surface area contributed by atoms with Gasteiger partial charge in [-0.25, -0.2) is 0 Å². The van der Waals surface area contributed by atoms with Crippen LogP contribution in [-0.2, 0) is 15.0 Å². The maximum atomic E-state index is 12.7. The third-order valence-corrected chi connectivity index (χ3v) is 6.35. The average molecular weight is 462 g/mol. The lowest BCUT2D eigenvalue weighted by atomic mass is 9.74.